The standard InChI is InChI=1S/C25H34F2N2O3/c1-16-12-20(30)8-7-18(16)13-19(29(4)5)15-28-23(31)14-21(22-9-6-17(2)32-22)25(10-11-25)24(3,26)27/h6-9,12,19,21,30H,10-11,13-15H2,1-5H3,(H,28,31)/t19-,21+/m0/s1. The maximum absolute atomic E-state index is 14.5. The molecule has 1 aliphatic carbocycles. The lowest BCUT2D eigenvalue weighted by Crippen LogP contribution is -2.43. The SMILES string of the molecule is Cc1ccc([C@@H](CC(=O)NC[C@H](Cc2ccc(O)cc2C)N(C)C)C2(C(C)(F)F)CC2)o1. The first kappa shape index (κ1) is 24.2. The molecule has 176 valence electrons. The monoisotopic (exact) mass is 448 g/mol. The third-order valence-corrected chi connectivity index (χ3v) is 6.87. The fraction of sp³-hybridized carbons (Fsp3) is 0.560. The van der Waals surface area contributed by atoms with Crippen LogP contribution in [0.2, 0.25) is 0 Å². The number of rotatable bonds is 10. The molecule has 1 aromatic heterocycles. The quantitative estimate of drug-likeness (QED) is 0.548. The van der Waals surface area contributed by atoms with Crippen LogP contribution in [0, 0.1) is 19.3 Å². The van der Waals surface area contributed by atoms with Crippen LogP contribution in [-0.4, -0.2) is 48.5 Å². The molecule has 3 rings (SSSR count). The molecule has 7 heteroatoms. The van der Waals surface area contributed by atoms with Gasteiger partial charge in [-0.1, -0.05) is 6.07 Å². The van der Waals surface area contributed by atoms with Gasteiger partial charge in [-0.05, 0) is 89.5 Å². The Bertz CT molecular complexity index is 945. The summed E-state index contributed by atoms with van der Waals surface area (Å²) in [4.78, 5) is 14.9. The van der Waals surface area contributed by atoms with E-state index in [9.17, 15) is 18.7 Å². The molecule has 0 radical (unpaired) electrons. The number of aromatic hydroxyl groups is 1. The number of halogens is 2. The zero-order valence-corrected chi connectivity index (χ0v) is 19.5. The van der Waals surface area contributed by atoms with E-state index in [1.165, 1.54) is 0 Å². The minimum atomic E-state index is -2.89. The number of nitrogens with zero attached hydrogens (tertiary/aromatic N) is 1. The number of furan rings is 1. The average molecular weight is 449 g/mol. The molecule has 0 unspecified atom stereocenters. The van der Waals surface area contributed by atoms with Crippen molar-refractivity contribution >= 4 is 5.91 Å². The number of alkyl halides is 2. The number of amides is 1. The molecule has 0 aliphatic heterocycles. The van der Waals surface area contributed by atoms with E-state index in [-0.39, 0.29) is 24.1 Å². The Morgan fingerprint density at radius 2 is 1.94 bits per heavy atom. The second-order valence-corrected chi connectivity index (χ2v) is 9.49. The molecule has 5 nitrogen and oxygen atoms in total. The van der Waals surface area contributed by atoms with Gasteiger partial charge in [0.2, 0.25) is 5.91 Å². The Hall–Kier alpha value is -2.41. The highest BCUT2D eigenvalue weighted by Gasteiger charge is 2.64. The summed E-state index contributed by atoms with van der Waals surface area (Å²) in [5.74, 6) is -2.47. The molecule has 1 saturated carbocycles. The van der Waals surface area contributed by atoms with E-state index in [0.717, 1.165) is 18.1 Å². The first-order valence-electron chi connectivity index (χ1n) is 11.1. The van der Waals surface area contributed by atoms with Crippen LogP contribution in [-0.2, 0) is 11.2 Å². The number of hydrogen-bond donors (Lipinski definition) is 2. The molecule has 1 aliphatic rings. The zero-order valence-electron chi connectivity index (χ0n) is 19.5. The van der Waals surface area contributed by atoms with E-state index < -0.39 is 17.3 Å². The summed E-state index contributed by atoms with van der Waals surface area (Å²) in [6.45, 7) is 5.06. The molecule has 0 saturated heterocycles. The molecule has 2 atom stereocenters. The largest absolute Gasteiger partial charge is 0.508 e. The molecule has 2 aromatic rings. The van der Waals surface area contributed by atoms with Crippen molar-refractivity contribution in [3.63, 3.8) is 0 Å². The van der Waals surface area contributed by atoms with Crippen molar-refractivity contribution in [2.24, 2.45) is 5.41 Å². The van der Waals surface area contributed by atoms with Gasteiger partial charge < -0.3 is 19.7 Å². The van der Waals surface area contributed by atoms with Gasteiger partial charge in [0.15, 0.2) is 0 Å². The maximum Gasteiger partial charge on any atom is 0.251 e. The van der Waals surface area contributed by atoms with Gasteiger partial charge >= 0.3 is 0 Å². The van der Waals surface area contributed by atoms with E-state index in [4.69, 9.17) is 4.42 Å². The van der Waals surface area contributed by atoms with E-state index >= 15 is 0 Å². The van der Waals surface area contributed by atoms with Crippen LogP contribution in [0.1, 0.15) is 54.8 Å². The number of phenolic OH excluding ortho intramolecular Hbond substituents is 1. The number of phenols is 1. The van der Waals surface area contributed by atoms with Crippen LogP contribution >= 0.6 is 0 Å². The Morgan fingerprint density at radius 1 is 1.25 bits per heavy atom. The lowest BCUT2D eigenvalue weighted by atomic mass is 9.80. The first-order chi connectivity index (χ1) is 14.9. The van der Waals surface area contributed by atoms with E-state index in [2.05, 4.69) is 5.32 Å². The number of carbonyl (C=O) groups is 1. The van der Waals surface area contributed by atoms with Gasteiger partial charge in [0.1, 0.15) is 17.3 Å². The van der Waals surface area contributed by atoms with Crippen LogP contribution < -0.4 is 5.32 Å². The molecule has 1 aromatic carbocycles. The Kier molecular flexibility index (Phi) is 6.98. The highest BCUT2D eigenvalue weighted by molar-refractivity contribution is 5.77. The third kappa shape index (κ3) is 5.31. The molecule has 32 heavy (non-hydrogen) atoms. The lowest BCUT2D eigenvalue weighted by molar-refractivity contribution is -0.124. The summed E-state index contributed by atoms with van der Waals surface area (Å²) in [6.07, 6.45) is 1.43. The van der Waals surface area contributed by atoms with Crippen molar-refractivity contribution in [3.05, 3.63) is 53.0 Å². The second kappa shape index (κ2) is 9.22. The summed E-state index contributed by atoms with van der Waals surface area (Å²) >= 11 is 0. The average Bonchev–Trinajstić information content (AvgIpc) is 3.40. The highest BCUT2D eigenvalue weighted by atomic mass is 19.3. The smallest absolute Gasteiger partial charge is 0.251 e. The molecule has 1 amide bonds. The predicted octanol–water partition coefficient (Wildman–Crippen LogP) is 4.80. The number of hydrogen-bond acceptors (Lipinski definition) is 4. The first-order valence-corrected chi connectivity index (χ1v) is 11.1. The summed E-state index contributed by atoms with van der Waals surface area (Å²) in [7, 11) is 3.88. The third-order valence-electron chi connectivity index (χ3n) is 6.87. The highest BCUT2D eigenvalue weighted by Crippen LogP contribution is 2.65. The van der Waals surface area contributed by atoms with Crippen molar-refractivity contribution in [3.8, 4) is 5.75 Å². The van der Waals surface area contributed by atoms with Gasteiger partial charge in [0.25, 0.3) is 5.92 Å². The van der Waals surface area contributed by atoms with E-state index in [1.807, 2.05) is 32.0 Å². The molecule has 0 spiro atoms. The zero-order chi connectivity index (χ0) is 23.7. The maximum atomic E-state index is 14.5. The Balaban J connectivity index is 1.69. The van der Waals surface area contributed by atoms with Gasteiger partial charge in [0, 0.05) is 30.3 Å². The van der Waals surface area contributed by atoms with Gasteiger partial charge in [-0.15, -0.1) is 0 Å². The van der Waals surface area contributed by atoms with Gasteiger partial charge in [-0.2, -0.15) is 0 Å². The van der Waals surface area contributed by atoms with Crippen LogP contribution in [0.15, 0.2) is 34.7 Å². The van der Waals surface area contributed by atoms with Crippen molar-refractivity contribution < 1.29 is 23.1 Å². The summed E-state index contributed by atoms with van der Waals surface area (Å²) < 4.78 is 34.7. The van der Waals surface area contributed by atoms with Crippen LogP contribution in [0.4, 0.5) is 8.78 Å². The Morgan fingerprint density at radius 3 is 2.44 bits per heavy atom. The van der Waals surface area contributed by atoms with Gasteiger partial charge in [-0.3, -0.25) is 4.79 Å². The van der Waals surface area contributed by atoms with Crippen LogP contribution in [0.5, 0.6) is 5.75 Å². The van der Waals surface area contributed by atoms with Crippen molar-refractivity contribution in [1.82, 2.24) is 10.2 Å². The van der Waals surface area contributed by atoms with Gasteiger partial charge in [0.05, 0.1) is 0 Å². The number of likely N-dealkylation sites (N-methyl/N-ethyl adjacent to an activating group) is 1. The second-order valence-electron chi connectivity index (χ2n) is 9.49. The molecule has 2 N–H and O–H groups in total. The van der Waals surface area contributed by atoms with Crippen molar-refractivity contribution in [2.75, 3.05) is 20.6 Å². The predicted molar refractivity (Wildman–Crippen MR) is 120 cm³/mol. The van der Waals surface area contributed by atoms with Crippen LogP contribution in [0.25, 0.3) is 0 Å². The van der Waals surface area contributed by atoms with Gasteiger partial charge in [-0.25, -0.2) is 8.78 Å². The molecular weight excluding hydrogens is 414 g/mol. The summed E-state index contributed by atoms with van der Waals surface area (Å²) in [6, 6.07) is 8.76. The Labute approximate surface area is 188 Å². The number of benzene rings is 1. The number of nitrogens with one attached hydrogen (secondary N) is 1. The van der Waals surface area contributed by atoms with Crippen molar-refractivity contribution in [1.29, 1.82) is 0 Å². The van der Waals surface area contributed by atoms with E-state index in [0.29, 0.717) is 37.3 Å². The number of carbonyl (C=O) groups excluding carboxylic acids is 1. The topological polar surface area (TPSA) is 65.7 Å². The normalized spacial score (nSPS) is 17.2. The molecular formula is C25H34F2N2O3. The minimum absolute atomic E-state index is 0.0222. The number of aryl methyl sites for hydroxylation is 2. The molecule has 1 fully saturated rings. The summed E-state index contributed by atoms with van der Waals surface area (Å²) in [5.41, 5.74) is 0.846. The van der Waals surface area contributed by atoms with Crippen LogP contribution in [0.3, 0.4) is 0 Å². The molecule has 0 bridgehead atoms. The fourth-order valence-electron chi connectivity index (χ4n) is 4.53. The summed E-state index contributed by atoms with van der Waals surface area (Å²) in [5, 5.41) is 12.6. The van der Waals surface area contributed by atoms with Crippen molar-refractivity contribution in [2.45, 2.75) is 64.3 Å². The lowest BCUT2D eigenvalue weighted by Gasteiger charge is -2.31. The van der Waals surface area contributed by atoms with E-state index in [1.54, 1.807) is 31.2 Å². The minimum Gasteiger partial charge on any atom is -0.508 e. The fourth-order valence-corrected chi connectivity index (χ4v) is 4.53. The molecule has 1 heterocycles.